The first kappa shape index (κ1) is 29.4. The van der Waals surface area contributed by atoms with Crippen LogP contribution in [0.1, 0.15) is 30.6 Å². The Labute approximate surface area is 302 Å². The maximum atomic E-state index is 6.68. The monoisotopic (exact) mass is 687 g/mol. The van der Waals surface area contributed by atoms with Crippen molar-refractivity contribution in [3.8, 4) is 45.3 Å². The summed E-state index contributed by atoms with van der Waals surface area (Å²) < 4.78 is 15.3. The van der Waals surface area contributed by atoms with Crippen molar-refractivity contribution in [1.82, 2.24) is 15.0 Å². The Kier molecular flexibility index (Phi) is 6.39. The largest absolute Gasteiger partial charge is 0.456 e. The van der Waals surface area contributed by atoms with Gasteiger partial charge in [-0.1, -0.05) is 97.9 Å². The van der Waals surface area contributed by atoms with E-state index < -0.39 is 0 Å². The molecule has 0 aliphatic heterocycles. The van der Waals surface area contributed by atoms with Crippen molar-refractivity contribution >= 4 is 70.5 Å². The predicted molar refractivity (Wildman–Crippen MR) is 214 cm³/mol. The van der Waals surface area contributed by atoms with Crippen molar-refractivity contribution in [2.75, 3.05) is 0 Å². The third-order valence-electron chi connectivity index (χ3n) is 10.4. The minimum absolute atomic E-state index is 0.278. The van der Waals surface area contributed by atoms with Gasteiger partial charge in [0.2, 0.25) is 0 Å². The highest BCUT2D eigenvalue weighted by Gasteiger charge is 2.26. The van der Waals surface area contributed by atoms with Crippen molar-refractivity contribution in [3.63, 3.8) is 0 Å². The fourth-order valence-corrected chi connectivity index (χ4v) is 9.06. The van der Waals surface area contributed by atoms with Gasteiger partial charge in [0.05, 0.1) is 0 Å². The molecule has 6 heteroatoms. The average molecular weight is 688 g/mol. The van der Waals surface area contributed by atoms with Crippen molar-refractivity contribution in [3.05, 3.63) is 145 Å². The molecule has 4 heterocycles. The Morgan fingerprint density at radius 2 is 1.29 bits per heavy atom. The first-order valence-electron chi connectivity index (χ1n) is 17.6. The SMILES string of the molecule is CC1CC=Cc2oc3cc(-c4ccc5oc6ccccc6c5c4)cc(-c4nc(-c5ccccc5)nc(-c5cccc6sc7ccccc7c56)n4)c3c21. The van der Waals surface area contributed by atoms with E-state index in [1.807, 2.05) is 30.3 Å². The third kappa shape index (κ3) is 4.51. The van der Waals surface area contributed by atoms with E-state index in [-0.39, 0.29) is 5.92 Å². The molecular formula is C46H29N3O2S. The molecule has 1 aliphatic carbocycles. The topological polar surface area (TPSA) is 65.0 Å². The van der Waals surface area contributed by atoms with E-state index in [0.29, 0.717) is 17.5 Å². The van der Waals surface area contributed by atoms with Crippen LogP contribution in [0, 0.1) is 0 Å². The summed E-state index contributed by atoms with van der Waals surface area (Å²) in [4.78, 5) is 15.8. The summed E-state index contributed by atoms with van der Waals surface area (Å²) in [5.74, 6) is 3.07. The molecule has 4 aromatic heterocycles. The molecular weight excluding hydrogens is 659 g/mol. The molecule has 0 spiro atoms. The highest BCUT2D eigenvalue weighted by molar-refractivity contribution is 7.25. The van der Waals surface area contributed by atoms with Gasteiger partial charge in [-0.25, -0.2) is 15.0 Å². The molecule has 0 radical (unpaired) electrons. The molecule has 0 bridgehead atoms. The van der Waals surface area contributed by atoms with Gasteiger partial charge in [0.25, 0.3) is 0 Å². The molecule has 0 amide bonds. The van der Waals surface area contributed by atoms with Crippen LogP contribution in [0.2, 0.25) is 0 Å². The van der Waals surface area contributed by atoms with Gasteiger partial charge in [0, 0.05) is 58.6 Å². The van der Waals surface area contributed by atoms with E-state index in [1.165, 1.54) is 25.7 Å². The number of furan rings is 2. The van der Waals surface area contributed by atoms with Crippen molar-refractivity contribution in [2.45, 2.75) is 19.3 Å². The minimum atomic E-state index is 0.278. The van der Waals surface area contributed by atoms with Crippen LogP contribution in [0.5, 0.6) is 0 Å². The van der Waals surface area contributed by atoms with E-state index in [2.05, 4.69) is 116 Å². The zero-order chi connectivity index (χ0) is 34.3. The van der Waals surface area contributed by atoms with E-state index in [9.17, 15) is 0 Å². The Bertz CT molecular complexity index is 3080. The number of benzene rings is 6. The summed E-state index contributed by atoms with van der Waals surface area (Å²) in [6.45, 7) is 2.27. The Hall–Kier alpha value is -6.37. The number of thiophene rings is 1. The summed E-state index contributed by atoms with van der Waals surface area (Å²) in [6, 6.07) is 44.2. The zero-order valence-corrected chi connectivity index (χ0v) is 28.9. The van der Waals surface area contributed by atoms with Gasteiger partial charge >= 0.3 is 0 Å². The van der Waals surface area contributed by atoms with E-state index in [1.54, 1.807) is 11.3 Å². The van der Waals surface area contributed by atoms with E-state index >= 15 is 0 Å². The van der Waals surface area contributed by atoms with Crippen LogP contribution in [0.15, 0.2) is 142 Å². The summed E-state index contributed by atoms with van der Waals surface area (Å²) in [5, 5.41) is 5.60. The van der Waals surface area contributed by atoms with Crippen LogP contribution in [0.3, 0.4) is 0 Å². The van der Waals surface area contributed by atoms with Gasteiger partial charge in [0.1, 0.15) is 22.5 Å². The van der Waals surface area contributed by atoms with Gasteiger partial charge in [-0.2, -0.15) is 0 Å². The fraction of sp³-hybridized carbons (Fsp3) is 0.0652. The molecule has 1 atom stereocenters. The Morgan fingerprint density at radius 3 is 2.19 bits per heavy atom. The lowest BCUT2D eigenvalue weighted by Crippen LogP contribution is -2.02. The molecule has 0 saturated heterocycles. The molecule has 0 fully saturated rings. The molecule has 52 heavy (non-hydrogen) atoms. The summed E-state index contributed by atoms with van der Waals surface area (Å²) in [7, 11) is 0. The lowest BCUT2D eigenvalue weighted by molar-refractivity contribution is 0.586. The smallest absolute Gasteiger partial charge is 0.164 e. The number of hydrogen-bond acceptors (Lipinski definition) is 6. The van der Waals surface area contributed by atoms with Crippen LogP contribution in [-0.2, 0) is 0 Å². The summed E-state index contributed by atoms with van der Waals surface area (Å²) >= 11 is 1.80. The van der Waals surface area contributed by atoms with Crippen molar-refractivity contribution in [1.29, 1.82) is 0 Å². The third-order valence-corrected chi connectivity index (χ3v) is 11.5. The van der Waals surface area contributed by atoms with Crippen molar-refractivity contribution in [2.24, 2.45) is 0 Å². The van der Waals surface area contributed by atoms with Crippen molar-refractivity contribution < 1.29 is 8.83 Å². The normalized spacial score (nSPS) is 14.3. The molecule has 0 saturated carbocycles. The van der Waals surface area contributed by atoms with Crippen LogP contribution >= 0.6 is 11.3 Å². The maximum Gasteiger partial charge on any atom is 0.164 e. The zero-order valence-electron chi connectivity index (χ0n) is 28.1. The van der Waals surface area contributed by atoms with E-state index in [4.69, 9.17) is 23.8 Å². The standard InChI is InChI=1S/C46H29N3O2S/c1-26-11-9-18-37-41(26)43-34(24-29(25-38(43)51-37)28-21-22-36-33(23-28)30-14-5-7-17-35(30)50-36)46-48-44(27-12-3-2-4-13-27)47-45(49-46)32-16-10-20-40-42(32)31-15-6-8-19-39(31)52-40/h2-10,12-26H,11H2,1H3. The lowest BCUT2D eigenvalue weighted by Gasteiger charge is -2.15. The molecule has 1 aliphatic rings. The molecule has 246 valence electrons. The summed E-state index contributed by atoms with van der Waals surface area (Å²) in [6.07, 6.45) is 5.26. The van der Waals surface area contributed by atoms with Crippen LogP contribution in [0.25, 0.3) is 104 Å². The first-order chi connectivity index (χ1) is 25.7. The average Bonchev–Trinajstić information content (AvgIpc) is 3.89. The van der Waals surface area contributed by atoms with Gasteiger partial charge in [0.15, 0.2) is 17.5 Å². The number of hydrogen-bond donors (Lipinski definition) is 0. The highest BCUT2D eigenvalue weighted by atomic mass is 32.1. The molecule has 5 nitrogen and oxygen atoms in total. The second-order valence-corrected chi connectivity index (χ2v) is 14.7. The van der Waals surface area contributed by atoms with Crippen LogP contribution < -0.4 is 0 Å². The molecule has 6 aromatic carbocycles. The predicted octanol–water partition coefficient (Wildman–Crippen LogP) is 13.1. The first-order valence-corrected chi connectivity index (χ1v) is 18.4. The van der Waals surface area contributed by atoms with Gasteiger partial charge < -0.3 is 8.83 Å². The second kappa shape index (κ2) is 11.3. The maximum absolute atomic E-state index is 6.68. The molecule has 1 unspecified atom stereocenters. The van der Waals surface area contributed by atoms with Gasteiger partial charge in [-0.05, 0) is 72.0 Å². The number of nitrogens with zero attached hydrogens (tertiary/aromatic N) is 3. The lowest BCUT2D eigenvalue weighted by atomic mass is 9.88. The summed E-state index contributed by atoms with van der Waals surface area (Å²) in [5.41, 5.74) is 8.70. The Morgan fingerprint density at radius 1 is 0.538 bits per heavy atom. The highest BCUT2D eigenvalue weighted by Crippen LogP contribution is 2.45. The van der Waals surface area contributed by atoms with Gasteiger partial charge in [-0.3, -0.25) is 0 Å². The van der Waals surface area contributed by atoms with Gasteiger partial charge in [-0.15, -0.1) is 11.3 Å². The second-order valence-electron chi connectivity index (χ2n) is 13.6. The fourth-order valence-electron chi connectivity index (χ4n) is 7.92. The molecule has 0 N–H and O–H groups in total. The number of rotatable bonds is 4. The minimum Gasteiger partial charge on any atom is -0.456 e. The number of allylic oxidation sites excluding steroid dienone is 1. The number of para-hydroxylation sites is 1. The molecule has 11 rings (SSSR count). The number of fused-ring (bicyclic) bond motifs is 9. The Balaban J connectivity index is 1.21. The quantitative estimate of drug-likeness (QED) is 0.184. The number of aromatic nitrogens is 3. The molecule has 10 aromatic rings. The van der Waals surface area contributed by atoms with E-state index in [0.717, 1.165) is 72.9 Å². The van der Waals surface area contributed by atoms with Crippen LogP contribution in [-0.4, -0.2) is 15.0 Å². The van der Waals surface area contributed by atoms with Crippen LogP contribution in [0.4, 0.5) is 0 Å².